The molecule has 1 nitrogen and oxygen atoms in total. The van der Waals surface area contributed by atoms with Crippen LogP contribution >= 0.6 is 27.5 Å². The Morgan fingerprint density at radius 1 is 1.27 bits per heavy atom. The Morgan fingerprint density at radius 2 is 2.00 bits per heavy atom. The maximum absolute atomic E-state index is 6.08. The van der Waals surface area contributed by atoms with Crippen LogP contribution in [0.1, 0.15) is 19.3 Å². The van der Waals surface area contributed by atoms with E-state index in [9.17, 15) is 0 Å². The predicted molar refractivity (Wildman–Crippen MR) is 67.6 cm³/mol. The number of benzene rings is 1. The molecule has 2 aliphatic rings. The van der Waals surface area contributed by atoms with Crippen molar-refractivity contribution in [1.29, 1.82) is 0 Å². The van der Waals surface area contributed by atoms with Crippen LogP contribution in [0, 0.1) is 5.41 Å². The lowest BCUT2D eigenvalue weighted by molar-refractivity contribution is 0.0903. The van der Waals surface area contributed by atoms with Gasteiger partial charge in [0.05, 0.1) is 15.2 Å². The first kappa shape index (κ1) is 9.98. The lowest BCUT2D eigenvalue weighted by atomic mass is 9.63. The topological polar surface area (TPSA) is 3.24 Å². The first-order valence-corrected chi connectivity index (χ1v) is 6.56. The molecule has 1 spiro atoms. The Morgan fingerprint density at radius 3 is 2.60 bits per heavy atom. The number of rotatable bonds is 1. The zero-order valence-corrected chi connectivity index (χ0v) is 10.8. The summed E-state index contributed by atoms with van der Waals surface area (Å²) in [6.07, 6.45) is 4.26. The van der Waals surface area contributed by atoms with Gasteiger partial charge in [-0.1, -0.05) is 24.1 Å². The molecular weight excluding hydrogens is 273 g/mol. The van der Waals surface area contributed by atoms with E-state index in [0.29, 0.717) is 5.41 Å². The molecular formula is C12H13BrClN. The van der Waals surface area contributed by atoms with Crippen LogP contribution in [0.2, 0.25) is 5.02 Å². The van der Waals surface area contributed by atoms with E-state index in [0.717, 1.165) is 9.50 Å². The molecule has 1 saturated heterocycles. The lowest BCUT2D eigenvalue weighted by Gasteiger charge is -2.57. The van der Waals surface area contributed by atoms with Crippen molar-refractivity contribution in [3.05, 3.63) is 27.7 Å². The molecule has 1 aromatic carbocycles. The second-order valence-corrected chi connectivity index (χ2v) is 5.98. The van der Waals surface area contributed by atoms with Gasteiger partial charge < -0.3 is 4.90 Å². The van der Waals surface area contributed by atoms with Gasteiger partial charge >= 0.3 is 0 Å². The molecule has 0 radical (unpaired) electrons. The summed E-state index contributed by atoms with van der Waals surface area (Å²) < 4.78 is 1.04. The van der Waals surface area contributed by atoms with Crippen molar-refractivity contribution in [2.75, 3.05) is 18.0 Å². The number of hydrogen-bond donors (Lipinski definition) is 0. The van der Waals surface area contributed by atoms with Crippen molar-refractivity contribution in [2.24, 2.45) is 5.41 Å². The minimum absolute atomic E-state index is 0.668. The fourth-order valence-corrected chi connectivity index (χ4v) is 3.35. The highest BCUT2D eigenvalue weighted by molar-refractivity contribution is 9.10. The highest BCUT2D eigenvalue weighted by Gasteiger charge is 2.47. The first-order chi connectivity index (χ1) is 7.20. The van der Waals surface area contributed by atoms with Crippen LogP contribution in [0.3, 0.4) is 0 Å². The van der Waals surface area contributed by atoms with Crippen LogP contribution in [0.5, 0.6) is 0 Å². The molecule has 3 rings (SSSR count). The number of anilines is 1. The molecule has 0 bridgehead atoms. The van der Waals surface area contributed by atoms with E-state index in [1.807, 2.05) is 12.1 Å². The van der Waals surface area contributed by atoms with Gasteiger partial charge in [-0.2, -0.15) is 0 Å². The monoisotopic (exact) mass is 285 g/mol. The average molecular weight is 287 g/mol. The van der Waals surface area contributed by atoms with E-state index in [2.05, 4.69) is 26.9 Å². The van der Waals surface area contributed by atoms with E-state index >= 15 is 0 Å². The van der Waals surface area contributed by atoms with Crippen molar-refractivity contribution < 1.29 is 0 Å². The van der Waals surface area contributed by atoms with Gasteiger partial charge in [0.2, 0.25) is 0 Å². The van der Waals surface area contributed by atoms with Gasteiger partial charge in [-0.25, -0.2) is 0 Å². The summed E-state index contributed by atoms with van der Waals surface area (Å²) in [4.78, 5) is 2.43. The van der Waals surface area contributed by atoms with Gasteiger partial charge in [-0.15, -0.1) is 0 Å². The quantitative estimate of drug-likeness (QED) is 0.751. The third kappa shape index (κ3) is 1.50. The second-order valence-electron chi connectivity index (χ2n) is 4.78. The van der Waals surface area contributed by atoms with Gasteiger partial charge in [-0.05, 0) is 40.9 Å². The molecule has 1 heterocycles. The largest absolute Gasteiger partial charge is 0.369 e. The van der Waals surface area contributed by atoms with Crippen LogP contribution in [0.4, 0.5) is 5.69 Å². The molecule has 1 saturated carbocycles. The maximum Gasteiger partial charge on any atom is 0.0595 e. The summed E-state index contributed by atoms with van der Waals surface area (Å²) >= 11 is 9.64. The summed E-state index contributed by atoms with van der Waals surface area (Å²) in [5.41, 5.74) is 1.92. The molecule has 15 heavy (non-hydrogen) atoms. The van der Waals surface area contributed by atoms with Crippen LogP contribution < -0.4 is 4.90 Å². The summed E-state index contributed by atoms with van der Waals surface area (Å²) in [5.74, 6) is 0. The lowest BCUT2D eigenvalue weighted by Crippen LogP contribution is -2.59. The molecule has 1 aliphatic carbocycles. The Labute approximate surface area is 104 Å². The molecule has 0 aromatic heterocycles. The minimum Gasteiger partial charge on any atom is -0.369 e. The Bertz CT molecular complexity index is 393. The fourth-order valence-electron chi connectivity index (χ4n) is 2.66. The second kappa shape index (κ2) is 3.39. The zero-order chi connectivity index (χ0) is 10.5. The van der Waals surface area contributed by atoms with E-state index in [-0.39, 0.29) is 0 Å². The average Bonchev–Trinajstić information content (AvgIpc) is 2.07. The molecule has 0 amide bonds. The first-order valence-electron chi connectivity index (χ1n) is 5.39. The van der Waals surface area contributed by atoms with Crippen LogP contribution in [-0.2, 0) is 0 Å². The summed E-state index contributed by atoms with van der Waals surface area (Å²) in [6, 6.07) is 6.09. The molecule has 3 heteroatoms. The van der Waals surface area contributed by atoms with Crippen LogP contribution in [0.15, 0.2) is 22.7 Å². The fraction of sp³-hybridized carbons (Fsp3) is 0.500. The molecule has 1 aromatic rings. The van der Waals surface area contributed by atoms with Gasteiger partial charge in [0.1, 0.15) is 0 Å². The summed E-state index contributed by atoms with van der Waals surface area (Å²) in [7, 11) is 0. The van der Waals surface area contributed by atoms with Gasteiger partial charge in [0.25, 0.3) is 0 Å². The smallest absolute Gasteiger partial charge is 0.0595 e. The van der Waals surface area contributed by atoms with E-state index in [4.69, 9.17) is 11.6 Å². The van der Waals surface area contributed by atoms with Gasteiger partial charge in [-0.3, -0.25) is 0 Å². The highest BCUT2D eigenvalue weighted by atomic mass is 79.9. The van der Waals surface area contributed by atoms with E-state index < -0.39 is 0 Å². The predicted octanol–water partition coefficient (Wildman–Crippen LogP) is 4.09. The molecule has 0 N–H and O–H groups in total. The SMILES string of the molecule is Clc1cccc(N2CC3(CCC3)C2)c1Br. The number of hydrogen-bond acceptors (Lipinski definition) is 1. The van der Waals surface area contributed by atoms with Crippen molar-refractivity contribution >= 4 is 33.2 Å². The molecule has 1 aliphatic heterocycles. The normalized spacial score (nSPS) is 22.4. The molecule has 0 atom stereocenters. The maximum atomic E-state index is 6.08. The van der Waals surface area contributed by atoms with E-state index in [1.165, 1.54) is 38.0 Å². The summed E-state index contributed by atoms with van der Waals surface area (Å²) in [6.45, 7) is 2.43. The minimum atomic E-state index is 0.668. The number of halogens is 2. The standard InChI is InChI=1S/C12H13BrClN/c13-11-9(14)3-1-4-10(11)15-7-12(8-15)5-2-6-12/h1,3-4H,2,5-8H2. The molecule has 0 unspecified atom stereocenters. The van der Waals surface area contributed by atoms with E-state index in [1.54, 1.807) is 0 Å². The van der Waals surface area contributed by atoms with Crippen molar-refractivity contribution in [2.45, 2.75) is 19.3 Å². The molecule has 80 valence electrons. The van der Waals surface area contributed by atoms with Gasteiger partial charge in [0.15, 0.2) is 0 Å². The highest BCUT2D eigenvalue weighted by Crippen LogP contribution is 2.50. The Hall–Kier alpha value is -0.210. The van der Waals surface area contributed by atoms with Crippen LogP contribution in [-0.4, -0.2) is 13.1 Å². The third-order valence-corrected chi connectivity index (χ3v) is 5.12. The molecule has 2 fully saturated rings. The summed E-state index contributed by atoms with van der Waals surface area (Å²) in [5, 5.41) is 0.807. The zero-order valence-electron chi connectivity index (χ0n) is 8.47. The van der Waals surface area contributed by atoms with Crippen molar-refractivity contribution in [3.63, 3.8) is 0 Å². The van der Waals surface area contributed by atoms with Gasteiger partial charge in [0, 0.05) is 18.5 Å². The van der Waals surface area contributed by atoms with Crippen molar-refractivity contribution in [3.8, 4) is 0 Å². The number of nitrogens with zero attached hydrogens (tertiary/aromatic N) is 1. The Balaban J connectivity index is 1.80. The van der Waals surface area contributed by atoms with Crippen molar-refractivity contribution in [1.82, 2.24) is 0 Å². The van der Waals surface area contributed by atoms with Crippen LogP contribution in [0.25, 0.3) is 0 Å². The third-order valence-electron chi connectivity index (χ3n) is 3.74. The Kier molecular flexibility index (Phi) is 2.26.